The van der Waals surface area contributed by atoms with Crippen molar-refractivity contribution in [3.8, 4) is 0 Å². The molecule has 2 fully saturated rings. The molecule has 1 aromatic carbocycles. The minimum absolute atomic E-state index is 0.0112. The van der Waals surface area contributed by atoms with Crippen LogP contribution in [0.2, 0.25) is 0 Å². The zero-order valence-corrected chi connectivity index (χ0v) is 15.7. The minimum Gasteiger partial charge on any atom is -0.375 e. The predicted molar refractivity (Wildman–Crippen MR) is 104 cm³/mol. The average Bonchev–Trinajstić information content (AvgIpc) is 3.00. The number of nitrogens with zero attached hydrogens (tertiary/aromatic N) is 2. The van der Waals surface area contributed by atoms with Crippen molar-refractivity contribution in [2.75, 3.05) is 44.6 Å². The number of benzene rings is 1. The number of carbonyl (C=O) groups is 1. The molecule has 1 aliphatic carbocycles. The van der Waals surface area contributed by atoms with E-state index >= 15 is 0 Å². The summed E-state index contributed by atoms with van der Waals surface area (Å²) in [6.45, 7) is 5.49. The second kappa shape index (κ2) is 8.40. The number of likely N-dealkylation sites (tertiary alicyclic amines) is 1. The Kier molecular flexibility index (Phi) is 5.75. The van der Waals surface area contributed by atoms with Crippen molar-refractivity contribution in [3.63, 3.8) is 0 Å². The lowest BCUT2D eigenvalue weighted by atomic mass is 10.1. The highest BCUT2D eigenvalue weighted by Crippen LogP contribution is 2.25. The number of carbonyl (C=O) groups excluding carboxylic acids is 1. The van der Waals surface area contributed by atoms with Gasteiger partial charge in [0, 0.05) is 31.9 Å². The first-order valence-electron chi connectivity index (χ1n) is 10.3. The Morgan fingerprint density at radius 1 is 1.04 bits per heavy atom. The maximum absolute atomic E-state index is 12.8. The Balaban J connectivity index is 1.35. The van der Waals surface area contributed by atoms with Crippen LogP contribution in [-0.2, 0) is 17.6 Å². The van der Waals surface area contributed by atoms with Gasteiger partial charge in [0.05, 0.1) is 6.10 Å². The number of urea groups is 1. The highest BCUT2D eigenvalue weighted by atomic mass is 16.5. The van der Waals surface area contributed by atoms with E-state index in [0.717, 1.165) is 38.2 Å². The van der Waals surface area contributed by atoms with Crippen LogP contribution in [0, 0.1) is 0 Å². The number of hydrogen-bond donors (Lipinski definition) is 1. The first-order valence-corrected chi connectivity index (χ1v) is 10.3. The molecule has 1 aromatic rings. The van der Waals surface area contributed by atoms with Gasteiger partial charge in [-0.25, -0.2) is 4.79 Å². The molecule has 2 heterocycles. The molecule has 0 spiro atoms. The minimum atomic E-state index is 0.0112. The molecule has 26 heavy (non-hydrogen) atoms. The Bertz CT molecular complexity index is 628. The van der Waals surface area contributed by atoms with E-state index in [-0.39, 0.29) is 12.1 Å². The summed E-state index contributed by atoms with van der Waals surface area (Å²) >= 11 is 0. The molecule has 5 heteroatoms. The van der Waals surface area contributed by atoms with Gasteiger partial charge in [-0.3, -0.25) is 0 Å². The van der Waals surface area contributed by atoms with Crippen molar-refractivity contribution < 1.29 is 9.53 Å². The van der Waals surface area contributed by atoms with Crippen molar-refractivity contribution >= 4 is 11.7 Å². The van der Waals surface area contributed by atoms with Gasteiger partial charge in [-0.2, -0.15) is 0 Å². The molecular weight excluding hydrogens is 326 g/mol. The number of ether oxygens (including phenoxy) is 1. The van der Waals surface area contributed by atoms with E-state index in [2.05, 4.69) is 22.3 Å². The van der Waals surface area contributed by atoms with Crippen LogP contribution < -0.4 is 5.32 Å². The van der Waals surface area contributed by atoms with Crippen LogP contribution in [0.15, 0.2) is 18.2 Å². The monoisotopic (exact) mass is 357 g/mol. The number of fused-ring (bicyclic) bond motifs is 1. The number of piperidine rings is 1. The maximum Gasteiger partial charge on any atom is 0.321 e. The summed E-state index contributed by atoms with van der Waals surface area (Å²) in [5, 5.41) is 3.11. The molecule has 142 valence electrons. The molecule has 1 N–H and O–H groups in total. The highest BCUT2D eigenvalue weighted by Gasteiger charge is 2.25. The van der Waals surface area contributed by atoms with Crippen LogP contribution >= 0.6 is 0 Å². The average molecular weight is 357 g/mol. The quantitative estimate of drug-likeness (QED) is 0.903. The normalized spacial score (nSPS) is 24.2. The summed E-state index contributed by atoms with van der Waals surface area (Å²) in [5.74, 6) is 0. The third kappa shape index (κ3) is 4.38. The number of hydrogen-bond acceptors (Lipinski definition) is 3. The summed E-state index contributed by atoms with van der Waals surface area (Å²) in [5.41, 5.74) is 3.76. The van der Waals surface area contributed by atoms with Crippen molar-refractivity contribution in [2.45, 2.75) is 51.0 Å². The van der Waals surface area contributed by atoms with Crippen LogP contribution in [0.5, 0.6) is 0 Å². The maximum atomic E-state index is 12.8. The van der Waals surface area contributed by atoms with E-state index in [1.165, 1.54) is 56.3 Å². The fourth-order valence-corrected chi connectivity index (χ4v) is 4.47. The van der Waals surface area contributed by atoms with E-state index in [1.54, 1.807) is 0 Å². The van der Waals surface area contributed by atoms with Crippen LogP contribution in [0.25, 0.3) is 0 Å². The second-order valence-electron chi connectivity index (χ2n) is 7.92. The van der Waals surface area contributed by atoms with E-state index in [0.29, 0.717) is 6.54 Å². The van der Waals surface area contributed by atoms with Gasteiger partial charge < -0.3 is 19.9 Å². The molecule has 1 atom stereocenters. The van der Waals surface area contributed by atoms with E-state index < -0.39 is 0 Å². The lowest BCUT2D eigenvalue weighted by Crippen LogP contribution is -2.45. The molecule has 5 nitrogen and oxygen atoms in total. The fourth-order valence-electron chi connectivity index (χ4n) is 4.47. The van der Waals surface area contributed by atoms with Crippen molar-refractivity contribution in [1.29, 1.82) is 0 Å². The van der Waals surface area contributed by atoms with E-state index in [4.69, 9.17) is 4.74 Å². The molecule has 0 saturated carbocycles. The lowest BCUT2D eigenvalue weighted by Gasteiger charge is -2.31. The van der Waals surface area contributed by atoms with Crippen LogP contribution in [0.4, 0.5) is 10.5 Å². The summed E-state index contributed by atoms with van der Waals surface area (Å²) in [4.78, 5) is 17.2. The number of rotatable bonds is 3. The Hall–Kier alpha value is -1.59. The fraction of sp³-hybridized carbons (Fsp3) is 0.667. The van der Waals surface area contributed by atoms with Crippen LogP contribution in [0.3, 0.4) is 0 Å². The van der Waals surface area contributed by atoms with Gasteiger partial charge in [-0.1, -0.05) is 12.5 Å². The first kappa shape index (κ1) is 17.8. The Morgan fingerprint density at radius 2 is 1.88 bits per heavy atom. The Labute approximate surface area is 156 Å². The second-order valence-corrected chi connectivity index (χ2v) is 7.92. The largest absolute Gasteiger partial charge is 0.375 e. The molecule has 2 saturated heterocycles. The highest BCUT2D eigenvalue weighted by molar-refractivity contribution is 5.89. The van der Waals surface area contributed by atoms with Crippen molar-refractivity contribution in [1.82, 2.24) is 9.80 Å². The van der Waals surface area contributed by atoms with Gasteiger partial charge >= 0.3 is 6.03 Å². The summed E-state index contributed by atoms with van der Waals surface area (Å²) < 4.78 is 6.03. The van der Waals surface area contributed by atoms with Crippen LogP contribution in [-0.4, -0.2) is 61.3 Å². The SMILES string of the molecule is O=C(Nc1ccc2c(c1)CCC2)N1CCCO[C@@H](CN2CCCCC2)C1. The van der Waals surface area contributed by atoms with E-state index in [9.17, 15) is 4.79 Å². The molecule has 0 aromatic heterocycles. The first-order chi connectivity index (χ1) is 12.8. The zero-order valence-electron chi connectivity index (χ0n) is 15.7. The molecule has 0 unspecified atom stereocenters. The number of anilines is 1. The number of amides is 2. The summed E-state index contributed by atoms with van der Waals surface area (Å²) in [7, 11) is 0. The molecule has 0 radical (unpaired) electrons. The van der Waals surface area contributed by atoms with Crippen molar-refractivity contribution in [2.24, 2.45) is 0 Å². The summed E-state index contributed by atoms with van der Waals surface area (Å²) in [6, 6.07) is 6.38. The third-order valence-electron chi connectivity index (χ3n) is 5.90. The molecule has 0 bridgehead atoms. The standard InChI is InChI=1S/C21H31N3O2/c25-21(22-19-9-8-17-6-4-7-18(17)14-19)24-12-5-13-26-20(16-24)15-23-10-2-1-3-11-23/h8-9,14,20H,1-7,10-13,15-16H2,(H,22,25)/t20-/m0/s1. The molecule has 2 amide bonds. The van der Waals surface area contributed by atoms with Crippen LogP contribution in [0.1, 0.15) is 43.2 Å². The van der Waals surface area contributed by atoms with Gasteiger partial charge in [0.1, 0.15) is 0 Å². The topological polar surface area (TPSA) is 44.8 Å². The molecular formula is C21H31N3O2. The van der Waals surface area contributed by atoms with Gasteiger partial charge in [0.2, 0.25) is 0 Å². The predicted octanol–water partition coefficient (Wildman–Crippen LogP) is 3.28. The lowest BCUT2D eigenvalue weighted by molar-refractivity contribution is 0.0261. The molecule has 4 rings (SSSR count). The Morgan fingerprint density at radius 3 is 2.77 bits per heavy atom. The smallest absolute Gasteiger partial charge is 0.321 e. The summed E-state index contributed by atoms with van der Waals surface area (Å²) in [6.07, 6.45) is 8.49. The number of nitrogens with one attached hydrogen (secondary N) is 1. The van der Waals surface area contributed by atoms with Crippen molar-refractivity contribution in [3.05, 3.63) is 29.3 Å². The van der Waals surface area contributed by atoms with Gasteiger partial charge in [-0.05, 0) is 74.9 Å². The van der Waals surface area contributed by atoms with E-state index in [1.807, 2.05) is 11.0 Å². The number of aryl methyl sites for hydroxylation is 2. The van der Waals surface area contributed by atoms with Gasteiger partial charge in [0.25, 0.3) is 0 Å². The molecule has 2 aliphatic heterocycles. The third-order valence-corrected chi connectivity index (χ3v) is 5.90. The van der Waals surface area contributed by atoms with Gasteiger partial charge in [-0.15, -0.1) is 0 Å². The zero-order chi connectivity index (χ0) is 17.8. The molecule has 3 aliphatic rings. The van der Waals surface area contributed by atoms with Gasteiger partial charge in [0.15, 0.2) is 0 Å².